The highest BCUT2D eigenvalue weighted by Crippen LogP contribution is 2.39. The zero-order valence-electron chi connectivity index (χ0n) is 31.9. The van der Waals surface area contributed by atoms with Crippen LogP contribution < -0.4 is 16.1 Å². The van der Waals surface area contributed by atoms with E-state index in [1.807, 2.05) is 74.5 Å². The van der Waals surface area contributed by atoms with Gasteiger partial charge < -0.3 is 15.5 Å². The van der Waals surface area contributed by atoms with Crippen molar-refractivity contribution in [3.8, 4) is 0 Å². The maximum absolute atomic E-state index is 14.5. The number of benzene rings is 1. The van der Waals surface area contributed by atoms with Crippen LogP contribution in [0.1, 0.15) is 105 Å². The summed E-state index contributed by atoms with van der Waals surface area (Å²) in [5.74, 6) is -2.21. The number of allylic oxidation sites excluding steroid dienone is 1. The predicted octanol–water partition coefficient (Wildman–Crippen LogP) is 4.67. The van der Waals surface area contributed by atoms with E-state index in [-0.39, 0.29) is 55.1 Å². The Morgan fingerprint density at radius 3 is 2.04 bits per heavy atom. The van der Waals surface area contributed by atoms with Crippen molar-refractivity contribution in [3.05, 3.63) is 47.5 Å². The quantitative estimate of drug-likeness (QED) is 0.183. The molecule has 0 radical (unpaired) electrons. The SMILES string of the molecule is CCCN(NC(=O)[C@@H]1[C@@H](C=C(C)C)CCN1C(=O)[C@@H](NC(=O)N[C@H](CN1C(=O)C2CCC(C2)C1=O)C(C)(C)C)C(C)(C)C)C(=O)c1ccccc1. The number of urea groups is 1. The molecular formula is C39H58N6O6. The number of imide groups is 1. The first-order chi connectivity index (χ1) is 23.8. The second-order valence-corrected chi connectivity index (χ2v) is 16.8. The van der Waals surface area contributed by atoms with Crippen LogP contribution in [0.25, 0.3) is 0 Å². The summed E-state index contributed by atoms with van der Waals surface area (Å²) >= 11 is 0. The van der Waals surface area contributed by atoms with Gasteiger partial charge >= 0.3 is 6.03 Å². The Kier molecular flexibility index (Phi) is 12.4. The summed E-state index contributed by atoms with van der Waals surface area (Å²) in [6, 6.07) is 5.59. The van der Waals surface area contributed by atoms with Crippen molar-refractivity contribution < 1.29 is 28.8 Å². The third-order valence-electron chi connectivity index (χ3n) is 10.3. The number of carbonyl (C=O) groups is 6. The van der Waals surface area contributed by atoms with Gasteiger partial charge in [0.15, 0.2) is 0 Å². The smallest absolute Gasteiger partial charge is 0.315 e. The van der Waals surface area contributed by atoms with Crippen molar-refractivity contribution >= 4 is 35.6 Å². The first kappa shape index (κ1) is 39.6. The summed E-state index contributed by atoms with van der Waals surface area (Å²) in [5, 5.41) is 7.19. The van der Waals surface area contributed by atoms with Gasteiger partial charge in [-0.05, 0) is 68.9 Å². The van der Waals surface area contributed by atoms with E-state index in [0.717, 1.165) is 5.57 Å². The lowest BCUT2D eigenvalue weighted by molar-refractivity contribution is -0.153. The highest BCUT2D eigenvalue weighted by Gasteiger charge is 2.48. The number of carbonyl (C=O) groups excluding carboxylic acids is 6. The van der Waals surface area contributed by atoms with Crippen LogP contribution in [0.4, 0.5) is 4.79 Å². The lowest BCUT2D eigenvalue weighted by Crippen LogP contribution is -2.63. The summed E-state index contributed by atoms with van der Waals surface area (Å²) in [6.45, 7) is 17.7. The van der Waals surface area contributed by atoms with Crippen molar-refractivity contribution in [2.24, 2.45) is 28.6 Å². The molecule has 2 bridgehead atoms. The monoisotopic (exact) mass is 706 g/mol. The van der Waals surface area contributed by atoms with Crippen LogP contribution >= 0.6 is 0 Å². The molecule has 1 aliphatic carbocycles. The first-order valence-electron chi connectivity index (χ1n) is 18.4. The van der Waals surface area contributed by atoms with E-state index >= 15 is 0 Å². The van der Waals surface area contributed by atoms with E-state index in [1.165, 1.54) is 14.8 Å². The van der Waals surface area contributed by atoms with Crippen LogP contribution in [0.3, 0.4) is 0 Å². The molecule has 0 spiro atoms. The Balaban J connectivity index is 1.55. The van der Waals surface area contributed by atoms with Gasteiger partial charge in [-0.2, -0.15) is 0 Å². The van der Waals surface area contributed by atoms with Crippen LogP contribution in [0.2, 0.25) is 0 Å². The van der Waals surface area contributed by atoms with Crippen molar-refractivity contribution in [2.75, 3.05) is 19.6 Å². The minimum atomic E-state index is -1.02. The van der Waals surface area contributed by atoms with Gasteiger partial charge in [0.25, 0.3) is 11.8 Å². The molecule has 51 heavy (non-hydrogen) atoms. The fourth-order valence-corrected chi connectivity index (χ4v) is 7.39. The van der Waals surface area contributed by atoms with Crippen LogP contribution in [0.5, 0.6) is 0 Å². The highest BCUT2D eigenvalue weighted by atomic mass is 16.2. The van der Waals surface area contributed by atoms with Crippen molar-refractivity contribution in [3.63, 3.8) is 0 Å². The molecule has 3 N–H and O–H groups in total. The minimum Gasteiger partial charge on any atom is -0.333 e. The molecule has 2 unspecified atom stereocenters. The van der Waals surface area contributed by atoms with E-state index in [9.17, 15) is 28.8 Å². The third-order valence-corrected chi connectivity index (χ3v) is 10.3. The topological polar surface area (TPSA) is 148 Å². The van der Waals surface area contributed by atoms with E-state index in [0.29, 0.717) is 37.7 Å². The number of amides is 7. The Hall–Kier alpha value is -4.22. The van der Waals surface area contributed by atoms with Gasteiger partial charge in [0, 0.05) is 43.0 Å². The molecule has 0 aromatic heterocycles. The maximum Gasteiger partial charge on any atom is 0.315 e. The lowest BCUT2D eigenvalue weighted by Gasteiger charge is -2.39. The summed E-state index contributed by atoms with van der Waals surface area (Å²) in [5.41, 5.74) is 2.98. The zero-order chi connectivity index (χ0) is 37.8. The minimum absolute atomic E-state index is 0.0461. The van der Waals surface area contributed by atoms with E-state index in [1.54, 1.807) is 24.3 Å². The van der Waals surface area contributed by atoms with Crippen molar-refractivity contribution in [1.82, 2.24) is 30.9 Å². The van der Waals surface area contributed by atoms with Crippen LogP contribution in [0.15, 0.2) is 42.0 Å². The average molecular weight is 707 g/mol. The van der Waals surface area contributed by atoms with Gasteiger partial charge in [-0.15, -0.1) is 0 Å². The number of piperidine rings is 1. The van der Waals surface area contributed by atoms with E-state index < -0.39 is 46.8 Å². The molecule has 12 nitrogen and oxygen atoms in total. The fraction of sp³-hybridized carbons (Fsp3) is 0.641. The van der Waals surface area contributed by atoms with Crippen LogP contribution in [-0.2, 0) is 19.2 Å². The van der Waals surface area contributed by atoms with Gasteiger partial charge in [-0.1, -0.05) is 78.3 Å². The summed E-state index contributed by atoms with van der Waals surface area (Å²) in [7, 11) is 0. The Morgan fingerprint density at radius 2 is 1.51 bits per heavy atom. The summed E-state index contributed by atoms with van der Waals surface area (Å²) in [4.78, 5) is 84.9. The largest absolute Gasteiger partial charge is 0.333 e. The molecule has 2 saturated heterocycles. The molecule has 6 atom stereocenters. The molecular weight excluding hydrogens is 648 g/mol. The number of rotatable bonds is 10. The third kappa shape index (κ3) is 9.37. The second kappa shape index (κ2) is 16.0. The number of hydrogen-bond donors (Lipinski definition) is 3. The van der Waals surface area contributed by atoms with Crippen LogP contribution in [0, 0.1) is 28.6 Å². The number of nitrogens with one attached hydrogen (secondary N) is 3. The normalized spacial score (nSPS) is 23.0. The van der Waals surface area contributed by atoms with Gasteiger partial charge in [-0.3, -0.25) is 34.3 Å². The van der Waals surface area contributed by atoms with Gasteiger partial charge in [0.05, 0.1) is 6.04 Å². The van der Waals surface area contributed by atoms with E-state index in [4.69, 9.17) is 0 Å². The maximum atomic E-state index is 14.5. The number of fused-ring (bicyclic) bond motifs is 2. The molecule has 1 saturated carbocycles. The molecule has 2 heterocycles. The van der Waals surface area contributed by atoms with Gasteiger partial charge in [-0.25, -0.2) is 9.80 Å². The molecule has 4 rings (SSSR count). The Labute approximate surface area is 303 Å². The molecule has 12 heteroatoms. The number of hydrazine groups is 1. The van der Waals surface area contributed by atoms with E-state index in [2.05, 4.69) is 16.1 Å². The molecule has 2 aliphatic heterocycles. The summed E-state index contributed by atoms with van der Waals surface area (Å²) in [6.07, 6.45) is 5.13. The van der Waals surface area contributed by atoms with Crippen LogP contribution in [-0.4, -0.2) is 88.1 Å². The number of likely N-dealkylation sites (tertiary alicyclic amines) is 2. The highest BCUT2D eigenvalue weighted by molar-refractivity contribution is 6.01. The Morgan fingerprint density at radius 1 is 0.902 bits per heavy atom. The molecule has 280 valence electrons. The van der Waals surface area contributed by atoms with Gasteiger partial charge in [0.1, 0.15) is 12.1 Å². The predicted molar refractivity (Wildman–Crippen MR) is 195 cm³/mol. The first-order valence-corrected chi connectivity index (χ1v) is 18.4. The van der Waals surface area contributed by atoms with Gasteiger partial charge in [0.2, 0.25) is 17.7 Å². The summed E-state index contributed by atoms with van der Waals surface area (Å²) < 4.78 is 0. The average Bonchev–Trinajstić information content (AvgIpc) is 3.69. The Bertz CT molecular complexity index is 1490. The number of nitrogens with zero attached hydrogens (tertiary/aromatic N) is 3. The molecule has 3 fully saturated rings. The van der Waals surface area contributed by atoms with Crippen molar-refractivity contribution in [1.29, 1.82) is 0 Å². The zero-order valence-corrected chi connectivity index (χ0v) is 31.9. The fourth-order valence-electron chi connectivity index (χ4n) is 7.39. The molecule has 7 amide bonds. The number of hydrogen-bond acceptors (Lipinski definition) is 6. The standard InChI is InChI=1S/C39H58N6O6/c1-10-19-45(35(49)25-14-12-11-13-15-25)42-32(46)30-26(21-24(2)3)18-20-43(30)36(50)31(39(7,8)9)41-37(51)40-29(38(4,5)6)23-44-33(47)27-16-17-28(22-27)34(44)48/h11-15,21,26-31H,10,16-20,22-23H2,1-9H3,(H,42,46)(H2,40,41,51)/t26-,27?,28?,29-,30+,31-/m1/s1. The molecule has 3 aliphatic rings. The molecule has 1 aromatic rings. The lowest BCUT2D eigenvalue weighted by atomic mass is 9.84. The van der Waals surface area contributed by atoms with Crippen molar-refractivity contribution in [2.45, 2.75) is 113 Å². The second-order valence-electron chi connectivity index (χ2n) is 16.8. The molecule has 1 aromatic carbocycles.